The molecule has 0 bridgehead atoms. The van der Waals surface area contributed by atoms with Gasteiger partial charge in [-0.3, -0.25) is 0 Å². The van der Waals surface area contributed by atoms with Crippen LogP contribution in [-0.2, 0) is 0 Å². The van der Waals surface area contributed by atoms with Gasteiger partial charge in [0.2, 0.25) is 0 Å². The highest BCUT2D eigenvalue weighted by Gasteiger charge is 2.19. The van der Waals surface area contributed by atoms with Crippen molar-refractivity contribution in [1.29, 1.82) is 0 Å². The number of para-hydroxylation sites is 2. The van der Waals surface area contributed by atoms with Crippen LogP contribution in [0.1, 0.15) is 0 Å². The Morgan fingerprint density at radius 1 is 0.611 bits per heavy atom. The van der Waals surface area contributed by atoms with E-state index in [4.69, 9.17) is 0 Å². The summed E-state index contributed by atoms with van der Waals surface area (Å²) in [5, 5.41) is 0. The van der Waals surface area contributed by atoms with Gasteiger partial charge in [-0.05, 0) is 24.3 Å². The van der Waals surface area contributed by atoms with Crippen LogP contribution >= 0.6 is 0 Å². The fraction of sp³-hybridized carbons (Fsp3) is 0.200. The molecule has 0 saturated carbocycles. The van der Waals surface area contributed by atoms with E-state index in [1.807, 2.05) is 0 Å². The van der Waals surface area contributed by atoms with Crippen molar-refractivity contribution < 1.29 is 17.0 Å². The van der Waals surface area contributed by atoms with Crippen molar-refractivity contribution in [2.75, 3.05) is 29.6 Å². The van der Waals surface area contributed by atoms with Gasteiger partial charge in [-0.25, -0.2) is 0 Å². The van der Waals surface area contributed by atoms with E-state index < -0.39 is 0 Å². The van der Waals surface area contributed by atoms with Gasteiger partial charge in [0.15, 0.2) is 0 Å². The van der Waals surface area contributed by atoms with Gasteiger partial charge in [0.05, 0.1) is 6.67 Å². The van der Waals surface area contributed by atoms with Gasteiger partial charge in [-0.2, -0.15) is 0 Å². The predicted molar refractivity (Wildman–Crippen MR) is 72.4 cm³/mol. The van der Waals surface area contributed by atoms with Gasteiger partial charge in [0.1, 0.15) is 0 Å². The lowest BCUT2D eigenvalue weighted by molar-refractivity contribution is -0.00000331. The lowest BCUT2D eigenvalue weighted by atomic mass is 10.3. The zero-order valence-electron chi connectivity index (χ0n) is 10.2. The van der Waals surface area contributed by atoms with Crippen molar-refractivity contribution in [2.45, 2.75) is 0 Å². The first-order chi connectivity index (χ1) is 8.43. The van der Waals surface area contributed by atoms with Crippen LogP contribution in [0, 0.1) is 0 Å². The van der Waals surface area contributed by atoms with Crippen LogP contribution in [0.15, 0.2) is 60.7 Å². The molecule has 1 heterocycles. The first-order valence-corrected chi connectivity index (χ1v) is 6.03. The summed E-state index contributed by atoms with van der Waals surface area (Å²) in [6, 6.07) is 21.2. The summed E-state index contributed by atoms with van der Waals surface area (Å²) in [4.78, 5) is 4.82. The number of hydrogen-bond acceptors (Lipinski definition) is 2. The summed E-state index contributed by atoms with van der Waals surface area (Å²) in [6.07, 6.45) is 0. The highest BCUT2D eigenvalue weighted by Crippen LogP contribution is 2.22. The molecule has 0 N–H and O–H groups in total. The van der Waals surface area contributed by atoms with Crippen molar-refractivity contribution in [3.63, 3.8) is 0 Å². The van der Waals surface area contributed by atoms with Crippen LogP contribution < -0.4 is 26.8 Å². The minimum Gasteiger partial charge on any atom is -1.00 e. The Balaban J connectivity index is 0.00000120. The van der Waals surface area contributed by atoms with E-state index in [1.54, 1.807) is 0 Å². The number of rotatable bonds is 2. The monoisotopic (exact) mass is 303 g/mol. The van der Waals surface area contributed by atoms with Crippen molar-refractivity contribution in [3.05, 3.63) is 60.7 Å². The highest BCUT2D eigenvalue weighted by molar-refractivity contribution is 5.54. The van der Waals surface area contributed by atoms with Crippen LogP contribution in [0.25, 0.3) is 0 Å². The lowest BCUT2D eigenvalue weighted by Gasteiger charge is -2.21. The Hall–Kier alpha value is -1.48. The van der Waals surface area contributed by atoms with E-state index in [0.717, 1.165) is 19.8 Å². The molecule has 1 fully saturated rings. The number of nitrogens with zero attached hydrogens (tertiary/aromatic N) is 2. The largest absolute Gasteiger partial charge is 1.00 e. The van der Waals surface area contributed by atoms with E-state index in [1.165, 1.54) is 11.4 Å². The Morgan fingerprint density at radius 2 is 1.00 bits per heavy atom. The maximum Gasteiger partial charge on any atom is 0.0904 e. The molecule has 0 aromatic heterocycles. The van der Waals surface area contributed by atoms with Gasteiger partial charge >= 0.3 is 0 Å². The molecule has 0 atom stereocenters. The third kappa shape index (κ3) is 2.67. The van der Waals surface area contributed by atoms with Gasteiger partial charge < -0.3 is 26.8 Å². The molecule has 2 nitrogen and oxygen atoms in total. The third-order valence-electron chi connectivity index (χ3n) is 3.22. The van der Waals surface area contributed by atoms with E-state index in [-0.39, 0.29) is 17.0 Å². The average molecular weight is 304 g/mol. The number of benzene rings is 2. The molecule has 3 rings (SSSR count). The topological polar surface area (TPSA) is 6.48 Å². The van der Waals surface area contributed by atoms with Gasteiger partial charge in [-0.15, -0.1) is 0 Å². The van der Waals surface area contributed by atoms with Crippen LogP contribution in [0.4, 0.5) is 11.4 Å². The SMILES string of the molecule is [Br-].c1ccc(N2CCN(c3ccccc3)C2)cc1. The van der Waals surface area contributed by atoms with Gasteiger partial charge in [-0.1, -0.05) is 36.4 Å². The van der Waals surface area contributed by atoms with Crippen molar-refractivity contribution in [3.8, 4) is 0 Å². The molecule has 0 aliphatic carbocycles. The number of anilines is 2. The van der Waals surface area contributed by atoms with E-state index in [2.05, 4.69) is 70.5 Å². The molecular weight excluding hydrogens is 288 g/mol. The Morgan fingerprint density at radius 3 is 1.39 bits per heavy atom. The fourth-order valence-electron chi connectivity index (χ4n) is 2.29. The molecular formula is C15H16BrN2-. The standard InChI is InChI=1S/C15H16N2.BrH/c1-3-7-14(8-4-1)16-11-12-17(13-16)15-9-5-2-6-10-15;/h1-10H,11-13H2;1H/p-1. The number of hydrogen-bond donors (Lipinski definition) is 0. The molecule has 3 heteroatoms. The van der Waals surface area contributed by atoms with Crippen LogP contribution in [-0.4, -0.2) is 19.8 Å². The normalized spacial score (nSPS) is 14.4. The second-order valence-electron chi connectivity index (χ2n) is 4.34. The van der Waals surface area contributed by atoms with Crippen molar-refractivity contribution in [2.24, 2.45) is 0 Å². The zero-order valence-corrected chi connectivity index (χ0v) is 11.8. The quantitative estimate of drug-likeness (QED) is 0.769. The highest BCUT2D eigenvalue weighted by atomic mass is 79.9. The smallest absolute Gasteiger partial charge is 0.0904 e. The van der Waals surface area contributed by atoms with Crippen LogP contribution in [0.2, 0.25) is 0 Å². The Labute approximate surface area is 119 Å². The fourth-order valence-corrected chi connectivity index (χ4v) is 2.29. The molecule has 1 aliphatic rings. The molecule has 18 heavy (non-hydrogen) atoms. The molecule has 0 radical (unpaired) electrons. The van der Waals surface area contributed by atoms with Gasteiger partial charge in [0.25, 0.3) is 0 Å². The van der Waals surface area contributed by atoms with E-state index in [0.29, 0.717) is 0 Å². The lowest BCUT2D eigenvalue weighted by Crippen LogP contribution is -3.00. The second kappa shape index (κ2) is 5.91. The predicted octanol–water partition coefficient (Wildman–Crippen LogP) is -0.0253. The van der Waals surface area contributed by atoms with E-state index >= 15 is 0 Å². The minimum atomic E-state index is 0. The molecule has 0 amide bonds. The van der Waals surface area contributed by atoms with Crippen molar-refractivity contribution in [1.82, 2.24) is 0 Å². The molecule has 0 spiro atoms. The van der Waals surface area contributed by atoms with E-state index in [9.17, 15) is 0 Å². The maximum atomic E-state index is 2.41. The maximum absolute atomic E-state index is 2.41. The molecule has 0 unspecified atom stereocenters. The van der Waals surface area contributed by atoms with Crippen molar-refractivity contribution >= 4 is 11.4 Å². The van der Waals surface area contributed by atoms with Gasteiger partial charge in [0, 0.05) is 24.5 Å². The summed E-state index contributed by atoms with van der Waals surface area (Å²) >= 11 is 0. The molecule has 2 aromatic rings. The zero-order chi connectivity index (χ0) is 11.5. The first-order valence-electron chi connectivity index (χ1n) is 6.03. The molecule has 2 aromatic carbocycles. The summed E-state index contributed by atoms with van der Waals surface area (Å²) < 4.78 is 0. The van der Waals surface area contributed by atoms with Crippen LogP contribution in [0.5, 0.6) is 0 Å². The summed E-state index contributed by atoms with van der Waals surface area (Å²) in [6.45, 7) is 3.17. The Kier molecular flexibility index (Phi) is 4.26. The minimum absolute atomic E-state index is 0. The molecule has 1 saturated heterocycles. The molecule has 94 valence electrons. The Bertz CT molecular complexity index is 427. The summed E-state index contributed by atoms with van der Waals surface area (Å²) in [5.74, 6) is 0. The summed E-state index contributed by atoms with van der Waals surface area (Å²) in [5.41, 5.74) is 2.62. The average Bonchev–Trinajstić information content (AvgIpc) is 2.90. The second-order valence-corrected chi connectivity index (χ2v) is 4.34. The first kappa shape index (κ1) is 13.0. The summed E-state index contributed by atoms with van der Waals surface area (Å²) in [7, 11) is 0. The third-order valence-corrected chi connectivity index (χ3v) is 3.22. The number of halogens is 1. The van der Waals surface area contributed by atoms with Crippen LogP contribution in [0.3, 0.4) is 0 Å². The molecule has 1 aliphatic heterocycles.